The number of anilines is 4. The fourth-order valence-electron chi connectivity index (χ4n) is 6.07. The third kappa shape index (κ3) is 5.21. The van der Waals surface area contributed by atoms with Crippen LogP contribution in [0.3, 0.4) is 0 Å². The minimum atomic E-state index is -0.403. The number of rotatable bonds is 4. The summed E-state index contributed by atoms with van der Waals surface area (Å²) in [5.74, 6) is 0.256. The average molecular weight is 577 g/mol. The quantitative estimate of drug-likeness (QED) is 0.222. The van der Waals surface area contributed by atoms with Gasteiger partial charge in [-0.2, -0.15) is 0 Å². The Kier molecular flexibility index (Phi) is 6.84. The van der Waals surface area contributed by atoms with Crippen molar-refractivity contribution in [2.24, 2.45) is 5.41 Å². The summed E-state index contributed by atoms with van der Waals surface area (Å²) < 4.78 is 0. The van der Waals surface area contributed by atoms with E-state index in [1.165, 1.54) is 16.9 Å². The van der Waals surface area contributed by atoms with E-state index in [-0.39, 0.29) is 16.6 Å². The van der Waals surface area contributed by atoms with Gasteiger partial charge in [-0.25, -0.2) is 14.8 Å². The van der Waals surface area contributed by atoms with Crippen LogP contribution in [0.15, 0.2) is 54.6 Å². The van der Waals surface area contributed by atoms with Crippen LogP contribution in [0.25, 0.3) is 10.3 Å². The molecule has 4 heterocycles. The highest BCUT2D eigenvalue weighted by atomic mass is 35.5. The smallest absolute Gasteiger partial charge is 0.325 e. The Bertz CT molecular complexity index is 1570. The molecule has 4 aromatic rings. The Morgan fingerprint density at radius 1 is 1.05 bits per heavy atom. The van der Waals surface area contributed by atoms with Crippen LogP contribution in [-0.2, 0) is 5.41 Å². The SMILES string of the molecule is CC(C)(C)CN1CCC2(CC1)CN(c1ccccc1NC(=O)Nc1nc3ccc(Cl)nc3s1)c1c(O)cccc12. The number of amides is 2. The van der Waals surface area contributed by atoms with Gasteiger partial charge < -0.3 is 20.2 Å². The molecular formula is C30H33ClN6O2S. The normalized spacial score (nSPS) is 16.9. The first-order valence-corrected chi connectivity index (χ1v) is 14.7. The highest BCUT2D eigenvalue weighted by Crippen LogP contribution is 2.54. The number of fused-ring (bicyclic) bond motifs is 3. The van der Waals surface area contributed by atoms with Gasteiger partial charge >= 0.3 is 6.03 Å². The standard InChI is InChI=1S/C30H33ClN6O2S/c1-29(2,3)17-36-15-13-30(14-16-36)18-37(25-19(30)7-6-10-23(25)38)22-9-5-4-8-20(22)32-27(39)35-28-33-21-11-12-24(31)34-26(21)40-28/h4-12,38H,13-18H2,1-3H3,(H2,32,33,35,39). The van der Waals surface area contributed by atoms with E-state index >= 15 is 0 Å². The van der Waals surface area contributed by atoms with Crippen molar-refractivity contribution in [3.05, 3.63) is 65.3 Å². The number of phenolic OH excluding ortho intramolecular Hbond substituents is 1. The molecule has 2 aliphatic heterocycles. The van der Waals surface area contributed by atoms with E-state index in [9.17, 15) is 9.90 Å². The summed E-state index contributed by atoms with van der Waals surface area (Å²) in [6, 6.07) is 16.6. The Morgan fingerprint density at radius 3 is 2.60 bits per heavy atom. The predicted octanol–water partition coefficient (Wildman–Crippen LogP) is 7.23. The van der Waals surface area contributed by atoms with Crippen molar-refractivity contribution in [2.75, 3.05) is 41.7 Å². The molecule has 2 aliphatic rings. The molecule has 8 nitrogen and oxygen atoms in total. The Morgan fingerprint density at radius 2 is 1.82 bits per heavy atom. The van der Waals surface area contributed by atoms with Crippen molar-refractivity contribution >= 4 is 61.5 Å². The van der Waals surface area contributed by atoms with Crippen LogP contribution in [0, 0.1) is 5.41 Å². The average Bonchev–Trinajstić information content (AvgIpc) is 3.44. The number of piperidine rings is 1. The summed E-state index contributed by atoms with van der Waals surface area (Å²) in [4.78, 5) is 27.2. The molecule has 3 N–H and O–H groups in total. The van der Waals surface area contributed by atoms with E-state index in [0.29, 0.717) is 26.3 Å². The minimum absolute atomic E-state index is 0.0624. The largest absolute Gasteiger partial charge is 0.506 e. The molecule has 208 valence electrons. The van der Waals surface area contributed by atoms with Crippen molar-refractivity contribution in [3.63, 3.8) is 0 Å². The van der Waals surface area contributed by atoms with Crippen LogP contribution in [-0.4, -0.2) is 52.2 Å². The molecule has 1 spiro atoms. The minimum Gasteiger partial charge on any atom is -0.506 e. The highest BCUT2D eigenvalue weighted by molar-refractivity contribution is 7.22. The lowest BCUT2D eigenvalue weighted by molar-refractivity contribution is 0.125. The number of hydrogen-bond donors (Lipinski definition) is 3. The molecular weight excluding hydrogens is 544 g/mol. The van der Waals surface area contributed by atoms with E-state index in [4.69, 9.17) is 11.6 Å². The first-order valence-electron chi connectivity index (χ1n) is 13.5. The molecule has 0 atom stereocenters. The summed E-state index contributed by atoms with van der Waals surface area (Å²) in [6.45, 7) is 10.7. The van der Waals surface area contributed by atoms with Gasteiger partial charge in [0.1, 0.15) is 21.2 Å². The number of aromatic nitrogens is 2. The van der Waals surface area contributed by atoms with Gasteiger partial charge in [0.25, 0.3) is 0 Å². The molecule has 1 fully saturated rings. The van der Waals surface area contributed by atoms with Crippen molar-refractivity contribution in [1.82, 2.24) is 14.9 Å². The summed E-state index contributed by atoms with van der Waals surface area (Å²) >= 11 is 7.26. The van der Waals surface area contributed by atoms with Crippen LogP contribution in [0.4, 0.5) is 27.0 Å². The summed E-state index contributed by atoms with van der Waals surface area (Å²) in [6.07, 6.45) is 2.03. The molecule has 0 bridgehead atoms. The molecule has 1 saturated heterocycles. The lowest BCUT2D eigenvalue weighted by atomic mass is 9.74. The molecule has 2 aromatic carbocycles. The highest BCUT2D eigenvalue weighted by Gasteiger charge is 2.46. The zero-order valence-corrected chi connectivity index (χ0v) is 24.4. The van der Waals surface area contributed by atoms with Crippen molar-refractivity contribution in [3.8, 4) is 5.75 Å². The number of thiazole rings is 1. The van der Waals surface area contributed by atoms with Gasteiger partial charge in [-0.15, -0.1) is 0 Å². The number of likely N-dealkylation sites (tertiary alicyclic amines) is 1. The Balaban J connectivity index is 1.25. The van der Waals surface area contributed by atoms with Crippen molar-refractivity contribution in [1.29, 1.82) is 0 Å². The van der Waals surface area contributed by atoms with Crippen molar-refractivity contribution in [2.45, 2.75) is 39.0 Å². The van der Waals surface area contributed by atoms with Gasteiger partial charge in [0.15, 0.2) is 5.13 Å². The zero-order valence-electron chi connectivity index (χ0n) is 22.9. The van der Waals surface area contributed by atoms with Crippen LogP contribution in [0.5, 0.6) is 5.75 Å². The maximum atomic E-state index is 13.1. The van der Waals surface area contributed by atoms with Crippen molar-refractivity contribution < 1.29 is 9.90 Å². The second kappa shape index (κ2) is 10.2. The fraction of sp³-hybridized carbons (Fsp3) is 0.367. The molecule has 0 saturated carbocycles. The Hall–Kier alpha value is -3.40. The predicted molar refractivity (Wildman–Crippen MR) is 163 cm³/mol. The molecule has 6 rings (SSSR count). The van der Waals surface area contributed by atoms with Gasteiger partial charge in [0.2, 0.25) is 0 Å². The van der Waals surface area contributed by atoms with Crippen LogP contribution < -0.4 is 15.5 Å². The molecule has 0 aliphatic carbocycles. The zero-order chi connectivity index (χ0) is 28.1. The molecule has 10 heteroatoms. The molecule has 2 aromatic heterocycles. The maximum absolute atomic E-state index is 13.1. The lowest BCUT2D eigenvalue weighted by Gasteiger charge is -2.42. The number of aromatic hydroxyl groups is 1. The van der Waals surface area contributed by atoms with Gasteiger partial charge in [0, 0.05) is 18.5 Å². The van der Waals surface area contributed by atoms with E-state index < -0.39 is 6.03 Å². The van der Waals surface area contributed by atoms with Gasteiger partial charge in [-0.1, -0.05) is 68.0 Å². The second-order valence-electron chi connectivity index (χ2n) is 12.0. The monoisotopic (exact) mass is 576 g/mol. The molecule has 2 amide bonds. The van der Waals surface area contributed by atoms with E-state index in [1.807, 2.05) is 30.3 Å². The number of hydrogen-bond acceptors (Lipinski definition) is 7. The third-order valence-electron chi connectivity index (χ3n) is 7.71. The number of urea groups is 1. The van der Waals surface area contributed by atoms with Crippen LogP contribution in [0.1, 0.15) is 39.2 Å². The molecule has 0 unspecified atom stereocenters. The second-order valence-corrected chi connectivity index (χ2v) is 13.3. The van der Waals surface area contributed by atoms with E-state index in [1.54, 1.807) is 18.2 Å². The number of phenols is 1. The third-order valence-corrected chi connectivity index (χ3v) is 8.80. The molecule has 0 radical (unpaired) electrons. The summed E-state index contributed by atoms with van der Waals surface area (Å²) in [5, 5.41) is 17.7. The number of halogens is 1. The van der Waals surface area contributed by atoms with E-state index in [2.05, 4.69) is 57.2 Å². The van der Waals surface area contributed by atoms with Gasteiger partial charge in [-0.3, -0.25) is 5.32 Å². The topological polar surface area (TPSA) is 93.6 Å². The maximum Gasteiger partial charge on any atom is 0.325 e. The molecule has 40 heavy (non-hydrogen) atoms. The van der Waals surface area contributed by atoms with E-state index in [0.717, 1.165) is 50.4 Å². The number of para-hydroxylation sites is 3. The first-order chi connectivity index (χ1) is 19.1. The number of nitrogens with zero attached hydrogens (tertiary/aromatic N) is 4. The summed E-state index contributed by atoms with van der Waals surface area (Å²) in [7, 11) is 0. The lowest BCUT2D eigenvalue weighted by Crippen LogP contribution is -2.46. The summed E-state index contributed by atoms with van der Waals surface area (Å²) in [5.41, 5.74) is 4.37. The van der Waals surface area contributed by atoms with Crippen LogP contribution >= 0.6 is 22.9 Å². The van der Waals surface area contributed by atoms with Gasteiger partial charge in [0.05, 0.1) is 17.1 Å². The number of carbonyl (C=O) groups is 1. The Labute approximate surface area is 243 Å². The number of nitrogens with one attached hydrogen (secondary N) is 2. The fourth-order valence-corrected chi connectivity index (χ4v) is 7.10. The first kappa shape index (κ1) is 26.8. The van der Waals surface area contributed by atoms with Crippen LogP contribution in [0.2, 0.25) is 5.15 Å². The number of pyridine rings is 1. The number of benzene rings is 2. The van der Waals surface area contributed by atoms with Gasteiger partial charge in [-0.05, 0) is 67.2 Å². The number of carbonyl (C=O) groups excluding carboxylic acids is 1.